The van der Waals surface area contributed by atoms with Gasteiger partial charge in [-0.2, -0.15) is 0 Å². The molecule has 0 radical (unpaired) electrons. The van der Waals surface area contributed by atoms with Crippen LogP contribution in [-0.2, 0) is 0 Å². The highest BCUT2D eigenvalue weighted by Gasteiger charge is 2.09. The van der Waals surface area contributed by atoms with Crippen molar-refractivity contribution in [3.05, 3.63) is 22.4 Å². The fourth-order valence-corrected chi connectivity index (χ4v) is 1.59. The average molecular weight is 253 g/mol. The van der Waals surface area contributed by atoms with Gasteiger partial charge in [-0.3, -0.25) is 10.1 Å². The van der Waals surface area contributed by atoms with E-state index in [1.54, 1.807) is 0 Å². The van der Waals surface area contributed by atoms with Gasteiger partial charge in [0.2, 0.25) is 0 Å². The van der Waals surface area contributed by atoms with E-state index in [9.17, 15) is 10.1 Å². The first kappa shape index (κ1) is 14.2. The molecule has 0 aliphatic rings. The Balaban J connectivity index is 2.55. The Hall–Kier alpha value is -1.89. The minimum Gasteiger partial charge on any atom is -0.396 e. The molecule has 1 aromatic heterocycles. The van der Waals surface area contributed by atoms with E-state index in [1.165, 1.54) is 12.3 Å². The van der Waals surface area contributed by atoms with Crippen LogP contribution >= 0.6 is 0 Å². The van der Waals surface area contributed by atoms with Gasteiger partial charge in [0.15, 0.2) is 0 Å². The Morgan fingerprint density at radius 2 is 2.17 bits per heavy atom. The third-order valence-corrected chi connectivity index (χ3v) is 2.73. The van der Waals surface area contributed by atoms with Crippen LogP contribution in [0.15, 0.2) is 12.3 Å². The molecule has 0 atom stereocenters. The van der Waals surface area contributed by atoms with Crippen LogP contribution in [0.1, 0.15) is 13.8 Å². The second kappa shape index (κ2) is 6.75. The van der Waals surface area contributed by atoms with Gasteiger partial charge in [-0.25, -0.2) is 4.98 Å². The normalized spacial score (nSPS) is 10.6. The minimum atomic E-state index is -0.511. The predicted molar refractivity (Wildman–Crippen MR) is 71.6 cm³/mol. The second-order valence-electron chi connectivity index (χ2n) is 3.84. The fraction of sp³-hybridized carbons (Fsp3) is 0.545. The molecule has 0 bridgehead atoms. The largest absolute Gasteiger partial charge is 0.396 e. The number of rotatable bonds is 7. The van der Waals surface area contributed by atoms with Gasteiger partial charge in [0, 0.05) is 19.2 Å². The van der Waals surface area contributed by atoms with E-state index in [2.05, 4.69) is 29.0 Å². The molecular weight excluding hydrogens is 234 g/mol. The van der Waals surface area contributed by atoms with E-state index < -0.39 is 4.92 Å². The van der Waals surface area contributed by atoms with Gasteiger partial charge >= 0.3 is 0 Å². The first-order valence-electron chi connectivity index (χ1n) is 5.94. The molecular formula is C11H19N5O2. The van der Waals surface area contributed by atoms with Gasteiger partial charge < -0.3 is 16.0 Å². The van der Waals surface area contributed by atoms with E-state index in [0.717, 1.165) is 19.6 Å². The maximum absolute atomic E-state index is 10.5. The highest BCUT2D eigenvalue weighted by Crippen LogP contribution is 2.20. The van der Waals surface area contributed by atoms with Crippen molar-refractivity contribution >= 4 is 17.2 Å². The fourth-order valence-electron chi connectivity index (χ4n) is 1.59. The lowest BCUT2D eigenvalue weighted by molar-refractivity contribution is -0.385. The highest BCUT2D eigenvalue weighted by atomic mass is 16.6. The van der Waals surface area contributed by atoms with Gasteiger partial charge in [0.25, 0.3) is 5.69 Å². The van der Waals surface area contributed by atoms with Crippen molar-refractivity contribution in [2.24, 2.45) is 0 Å². The van der Waals surface area contributed by atoms with E-state index in [1.807, 2.05) is 0 Å². The van der Waals surface area contributed by atoms with E-state index in [4.69, 9.17) is 5.73 Å². The van der Waals surface area contributed by atoms with Crippen LogP contribution in [0.5, 0.6) is 0 Å². The number of hydrogen-bond donors (Lipinski definition) is 2. The van der Waals surface area contributed by atoms with Gasteiger partial charge in [0.1, 0.15) is 12.0 Å². The monoisotopic (exact) mass is 253 g/mol. The number of aromatic nitrogens is 1. The topological polar surface area (TPSA) is 97.3 Å². The van der Waals surface area contributed by atoms with Gasteiger partial charge in [-0.15, -0.1) is 0 Å². The summed E-state index contributed by atoms with van der Waals surface area (Å²) in [5.41, 5.74) is 5.90. The zero-order valence-corrected chi connectivity index (χ0v) is 10.7. The van der Waals surface area contributed by atoms with E-state index >= 15 is 0 Å². The molecule has 0 saturated carbocycles. The number of nitrogens with zero attached hydrogens (tertiary/aromatic N) is 3. The number of pyridine rings is 1. The summed E-state index contributed by atoms with van der Waals surface area (Å²) in [5, 5.41) is 13.6. The summed E-state index contributed by atoms with van der Waals surface area (Å²) in [6.07, 6.45) is 1.20. The molecule has 3 N–H and O–H groups in total. The Morgan fingerprint density at radius 3 is 2.67 bits per heavy atom. The summed E-state index contributed by atoms with van der Waals surface area (Å²) in [7, 11) is 0. The molecule has 7 nitrogen and oxygen atoms in total. The lowest BCUT2D eigenvalue weighted by Gasteiger charge is -2.18. The van der Waals surface area contributed by atoms with Gasteiger partial charge in [-0.05, 0) is 13.1 Å². The smallest absolute Gasteiger partial charge is 0.289 e. The van der Waals surface area contributed by atoms with Crippen LogP contribution in [0.4, 0.5) is 17.2 Å². The number of nitrogens with two attached hydrogens (primary N) is 1. The SMILES string of the molecule is CCN(CC)CCNc1ncc([N+](=O)[O-])cc1N. The third-order valence-electron chi connectivity index (χ3n) is 2.73. The molecule has 0 amide bonds. The summed E-state index contributed by atoms with van der Waals surface area (Å²) in [6, 6.07) is 1.31. The number of nitrogens with one attached hydrogen (secondary N) is 1. The molecule has 18 heavy (non-hydrogen) atoms. The van der Waals surface area contributed by atoms with Crippen molar-refractivity contribution in [3.8, 4) is 0 Å². The lowest BCUT2D eigenvalue weighted by atomic mass is 10.3. The zero-order valence-electron chi connectivity index (χ0n) is 10.7. The quantitative estimate of drug-likeness (QED) is 0.562. The summed E-state index contributed by atoms with van der Waals surface area (Å²) < 4.78 is 0. The molecule has 0 spiro atoms. The first-order valence-corrected chi connectivity index (χ1v) is 5.94. The van der Waals surface area contributed by atoms with Crippen molar-refractivity contribution in [1.29, 1.82) is 0 Å². The minimum absolute atomic E-state index is 0.0956. The Morgan fingerprint density at radius 1 is 1.50 bits per heavy atom. The first-order chi connectivity index (χ1) is 8.58. The number of anilines is 2. The Bertz CT molecular complexity index is 406. The van der Waals surface area contributed by atoms with Crippen LogP contribution in [0, 0.1) is 10.1 Å². The Labute approximate surface area is 106 Å². The zero-order chi connectivity index (χ0) is 13.5. The van der Waals surface area contributed by atoms with Crippen molar-refractivity contribution in [3.63, 3.8) is 0 Å². The van der Waals surface area contributed by atoms with Crippen LogP contribution < -0.4 is 11.1 Å². The Kier molecular flexibility index (Phi) is 5.31. The summed E-state index contributed by atoms with van der Waals surface area (Å²) in [5.74, 6) is 0.493. The third kappa shape index (κ3) is 3.85. The summed E-state index contributed by atoms with van der Waals surface area (Å²) >= 11 is 0. The molecule has 0 unspecified atom stereocenters. The number of hydrogen-bond acceptors (Lipinski definition) is 6. The lowest BCUT2D eigenvalue weighted by Crippen LogP contribution is -2.28. The standard InChI is InChI=1S/C11H19N5O2/c1-3-15(4-2)6-5-13-11-10(12)7-9(8-14-11)16(17)18/h7-8H,3-6,12H2,1-2H3,(H,13,14). The molecule has 100 valence electrons. The van der Waals surface area contributed by atoms with E-state index in [-0.39, 0.29) is 5.69 Å². The molecule has 1 heterocycles. The maximum Gasteiger partial charge on any atom is 0.289 e. The number of nitro groups is 1. The van der Waals surface area contributed by atoms with Crippen LogP contribution in [0.3, 0.4) is 0 Å². The van der Waals surface area contributed by atoms with Gasteiger partial charge in [-0.1, -0.05) is 13.8 Å². The van der Waals surface area contributed by atoms with Crippen molar-refractivity contribution in [1.82, 2.24) is 9.88 Å². The van der Waals surface area contributed by atoms with Gasteiger partial charge in [0.05, 0.1) is 10.6 Å². The molecule has 0 fully saturated rings. The molecule has 0 aliphatic heterocycles. The van der Waals surface area contributed by atoms with Crippen LogP contribution in [0.25, 0.3) is 0 Å². The summed E-state index contributed by atoms with van der Waals surface area (Å²) in [6.45, 7) is 7.76. The molecule has 0 aromatic carbocycles. The van der Waals surface area contributed by atoms with Crippen LogP contribution in [0.2, 0.25) is 0 Å². The van der Waals surface area contributed by atoms with Crippen LogP contribution in [-0.4, -0.2) is 41.0 Å². The molecule has 0 aliphatic carbocycles. The van der Waals surface area contributed by atoms with Crippen molar-refractivity contribution in [2.75, 3.05) is 37.2 Å². The van der Waals surface area contributed by atoms with Crippen molar-refractivity contribution in [2.45, 2.75) is 13.8 Å². The second-order valence-corrected chi connectivity index (χ2v) is 3.84. The highest BCUT2D eigenvalue weighted by molar-refractivity contribution is 5.64. The number of likely N-dealkylation sites (N-methyl/N-ethyl adjacent to an activating group) is 1. The number of nitrogen functional groups attached to an aromatic ring is 1. The average Bonchev–Trinajstić information content (AvgIpc) is 2.36. The van der Waals surface area contributed by atoms with Crippen molar-refractivity contribution < 1.29 is 4.92 Å². The molecule has 0 saturated heterocycles. The molecule has 1 aromatic rings. The predicted octanol–water partition coefficient (Wildman–Crippen LogP) is 1.33. The molecule has 1 rings (SSSR count). The summed E-state index contributed by atoms with van der Waals surface area (Å²) in [4.78, 5) is 16.2. The molecule has 7 heteroatoms. The maximum atomic E-state index is 10.5. The van der Waals surface area contributed by atoms with E-state index in [0.29, 0.717) is 18.1 Å².